The SMILES string of the molecule is CCCc1nccnc1/C=[N+](\[O-])C(C)(C)C. The van der Waals surface area contributed by atoms with Gasteiger partial charge in [0.05, 0.1) is 5.69 Å². The van der Waals surface area contributed by atoms with Gasteiger partial charge in [-0.15, -0.1) is 0 Å². The van der Waals surface area contributed by atoms with Gasteiger partial charge in [0.15, 0.2) is 5.54 Å². The molecule has 88 valence electrons. The Morgan fingerprint density at radius 2 is 1.94 bits per heavy atom. The highest BCUT2D eigenvalue weighted by molar-refractivity contribution is 5.74. The molecule has 1 aromatic rings. The van der Waals surface area contributed by atoms with Crippen molar-refractivity contribution in [3.8, 4) is 0 Å². The van der Waals surface area contributed by atoms with Crippen LogP contribution in [-0.4, -0.2) is 26.5 Å². The Morgan fingerprint density at radius 3 is 2.50 bits per heavy atom. The average molecular weight is 221 g/mol. The first-order valence-corrected chi connectivity index (χ1v) is 5.56. The molecular formula is C12H19N3O. The Kier molecular flexibility index (Phi) is 3.99. The zero-order chi connectivity index (χ0) is 12.2. The Morgan fingerprint density at radius 1 is 1.31 bits per heavy atom. The smallest absolute Gasteiger partial charge is 0.202 e. The van der Waals surface area contributed by atoms with Gasteiger partial charge in [-0.1, -0.05) is 13.3 Å². The van der Waals surface area contributed by atoms with E-state index in [0.29, 0.717) is 5.69 Å². The quantitative estimate of drug-likeness (QED) is 0.340. The summed E-state index contributed by atoms with van der Waals surface area (Å²) in [5.41, 5.74) is 1.12. The summed E-state index contributed by atoms with van der Waals surface area (Å²) in [4.78, 5) is 8.44. The highest BCUT2D eigenvalue weighted by Crippen LogP contribution is 2.07. The fourth-order valence-electron chi connectivity index (χ4n) is 1.22. The van der Waals surface area contributed by atoms with Crippen LogP contribution in [0.25, 0.3) is 0 Å². The van der Waals surface area contributed by atoms with Crippen LogP contribution < -0.4 is 0 Å². The molecule has 1 aromatic heterocycles. The number of aryl methyl sites for hydroxylation is 1. The summed E-state index contributed by atoms with van der Waals surface area (Å²) in [5, 5.41) is 11.8. The molecule has 0 fully saturated rings. The van der Waals surface area contributed by atoms with Gasteiger partial charge in [0.25, 0.3) is 0 Å². The summed E-state index contributed by atoms with van der Waals surface area (Å²) in [7, 11) is 0. The summed E-state index contributed by atoms with van der Waals surface area (Å²) in [6.07, 6.45) is 6.64. The van der Waals surface area contributed by atoms with E-state index in [4.69, 9.17) is 0 Å². The molecule has 0 spiro atoms. The van der Waals surface area contributed by atoms with E-state index in [1.807, 2.05) is 20.8 Å². The number of aromatic nitrogens is 2. The van der Waals surface area contributed by atoms with Crippen LogP contribution in [0, 0.1) is 5.21 Å². The second-order valence-electron chi connectivity index (χ2n) is 4.76. The Bertz CT molecular complexity index is 380. The Hall–Kier alpha value is -1.45. The van der Waals surface area contributed by atoms with Crippen molar-refractivity contribution < 1.29 is 4.74 Å². The predicted molar refractivity (Wildman–Crippen MR) is 64.6 cm³/mol. The Labute approximate surface area is 96.6 Å². The molecule has 4 nitrogen and oxygen atoms in total. The minimum atomic E-state index is -0.443. The fraction of sp³-hybridized carbons (Fsp3) is 0.583. The molecule has 0 bridgehead atoms. The van der Waals surface area contributed by atoms with Crippen molar-refractivity contribution in [2.75, 3.05) is 0 Å². The van der Waals surface area contributed by atoms with E-state index in [1.165, 1.54) is 6.21 Å². The lowest BCUT2D eigenvalue weighted by Gasteiger charge is -2.18. The molecule has 0 aliphatic heterocycles. The van der Waals surface area contributed by atoms with Crippen LogP contribution in [0.3, 0.4) is 0 Å². The molecule has 0 radical (unpaired) electrons. The first kappa shape index (κ1) is 12.6. The van der Waals surface area contributed by atoms with Crippen molar-refractivity contribution in [1.29, 1.82) is 0 Å². The van der Waals surface area contributed by atoms with E-state index < -0.39 is 5.54 Å². The normalized spacial score (nSPS) is 12.9. The number of hydrogen-bond donors (Lipinski definition) is 0. The van der Waals surface area contributed by atoms with Gasteiger partial charge in [-0.25, -0.2) is 9.72 Å². The second-order valence-corrected chi connectivity index (χ2v) is 4.76. The summed E-state index contributed by atoms with van der Waals surface area (Å²) < 4.78 is 0.927. The third-order valence-corrected chi connectivity index (χ3v) is 2.19. The van der Waals surface area contributed by atoms with Gasteiger partial charge < -0.3 is 5.21 Å². The molecule has 0 aromatic carbocycles. The zero-order valence-electron chi connectivity index (χ0n) is 10.4. The molecule has 0 aliphatic rings. The Balaban J connectivity index is 3.05. The lowest BCUT2D eigenvalue weighted by molar-refractivity contribution is -0.530. The maximum absolute atomic E-state index is 11.8. The number of nitrogens with zero attached hydrogens (tertiary/aromatic N) is 3. The van der Waals surface area contributed by atoms with E-state index >= 15 is 0 Å². The van der Waals surface area contributed by atoms with E-state index in [1.54, 1.807) is 12.4 Å². The summed E-state index contributed by atoms with van der Waals surface area (Å²) in [5.74, 6) is 0. The van der Waals surface area contributed by atoms with Crippen molar-refractivity contribution in [3.05, 3.63) is 29.0 Å². The molecule has 0 amide bonds. The third-order valence-electron chi connectivity index (χ3n) is 2.19. The summed E-state index contributed by atoms with van der Waals surface area (Å²) in [6.45, 7) is 7.68. The first-order chi connectivity index (χ1) is 7.45. The molecule has 0 unspecified atom stereocenters. The summed E-state index contributed by atoms with van der Waals surface area (Å²) in [6, 6.07) is 0. The first-order valence-electron chi connectivity index (χ1n) is 5.56. The number of hydroxylamine groups is 1. The van der Waals surface area contributed by atoms with E-state index in [0.717, 1.165) is 23.3 Å². The van der Waals surface area contributed by atoms with Gasteiger partial charge in [0.2, 0.25) is 6.21 Å². The second kappa shape index (κ2) is 5.05. The molecule has 0 N–H and O–H groups in total. The maximum atomic E-state index is 11.8. The van der Waals surface area contributed by atoms with Gasteiger partial charge in [-0.2, -0.15) is 0 Å². The molecule has 0 atom stereocenters. The monoisotopic (exact) mass is 221 g/mol. The average Bonchev–Trinajstić information content (AvgIpc) is 2.20. The van der Waals surface area contributed by atoms with E-state index in [2.05, 4.69) is 16.9 Å². The van der Waals surface area contributed by atoms with Crippen LogP contribution >= 0.6 is 0 Å². The molecule has 0 saturated carbocycles. The molecular weight excluding hydrogens is 202 g/mol. The molecule has 1 rings (SSSR count). The largest absolute Gasteiger partial charge is 0.623 e. The van der Waals surface area contributed by atoms with E-state index in [9.17, 15) is 5.21 Å². The molecule has 1 heterocycles. The minimum Gasteiger partial charge on any atom is -0.623 e. The van der Waals surface area contributed by atoms with Crippen LogP contribution in [-0.2, 0) is 6.42 Å². The highest BCUT2D eigenvalue weighted by atomic mass is 16.5. The van der Waals surface area contributed by atoms with Gasteiger partial charge in [0.1, 0.15) is 5.69 Å². The van der Waals surface area contributed by atoms with E-state index in [-0.39, 0.29) is 0 Å². The lowest BCUT2D eigenvalue weighted by Crippen LogP contribution is -2.29. The molecule has 4 heteroatoms. The third kappa shape index (κ3) is 3.29. The van der Waals surface area contributed by atoms with Crippen molar-refractivity contribution in [3.63, 3.8) is 0 Å². The number of hydrogen-bond acceptors (Lipinski definition) is 3. The van der Waals surface area contributed by atoms with Crippen LogP contribution in [0.15, 0.2) is 12.4 Å². The fourth-order valence-corrected chi connectivity index (χ4v) is 1.22. The van der Waals surface area contributed by atoms with Crippen LogP contribution in [0.1, 0.15) is 45.5 Å². The van der Waals surface area contributed by atoms with Gasteiger partial charge >= 0.3 is 0 Å². The van der Waals surface area contributed by atoms with Crippen LogP contribution in [0.4, 0.5) is 0 Å². The molecule has 0 saturated heterocycles. The topological polar surface area (TPSA) is 51.8 Å². The highest BCUT2D eigenvalue weighted by Gasteiger charge is 2.19. The van der Waals surface area contributed by atoms with Crippen molar-refractivity contribution in [2.45, 2.75) is 46.1 Å². The van der Waals surface area contributed by atoms with Crippen molar-refractivity contribution in [1.82, 2.24) is 9.97 Å². The molecule has 16 heavy (non-hydrogen) atoms. The maximum Gasteiger partial charge on any atom is 0.202 e. The van der Waals surface area contributed by atoms with Crippen molar-refractivity contribution >= 4 is 6.21 Å². The van der Waals surface area contributed by atoms with Crippen molar-refractivity contribution in [2.24, 2.45) is 0 Å². The van der Waals surface area contributed by atoms with Crippen LogP contribution in [0.2, 0.25) is 0 Å². The minimum absolute atomic E-state index is 0.443. The standard InChI is InChI=1S/C12H19N3O/c1-5-6-10-11(14-8-7-13-10)9-15(16)12(2,3)4/h7-9H,5-6H2,1-4H3/b15-9-. The van der Waals surface area contributed by atoms with Gasteiger partial charge in [-0.3, -0.25) is 4.98 Å². The number of rotatable bonds is 3. The van der Waals surface area contributed by atoms with Gasteiger partial charge in [-0.05, 0) is 6.42 Å². The summed E-state index contributed by atoms with van der Waals surface area (Å²) >= 11 is 0. The molecule has 0 aliphatic carbocycles. The zero-order valence-corrected chi connectivity index (χ0v) is 10.4. The van der Waals surface area contributed by atoms with Gasteiger partial charge in [0, 0.05) is 33.2 Å². The predicted octanol–water partition coefficient (Wildman–Crippen LogP) is 2.16. The lowest BCUT2D eigenvalue weighted by atomic mass is 10.1. The van der Waals surface area contributed by atoms with Crippen LogP contribution in [0.5, 0.6) is 0 Å².